The van der Waals surface area contributed by atoms with Gasteiger partial charge >= 0.3 is 0 Å². The third-order valence-electron chi connectivity index (χ3n) is 3.21. The molecule has 0 fully saturated rings. The van der Waals surface area contributed by atoms with Crippen LogP contribution in [-0.2, 0) is 17.6 Å². The Hall–Kier alpha value is -1.91. The smallest absolute Gasteiger partial charge is 0.274 e. The molecule has 0 atom stereocenters. The van der Waals surface area contributed by atoms with Crippen molar-refractivity contribution in [3.05, 3.63) is 33.4 Å². The number of carbonyl (C=O) groups is 1. The Balaban J connectivity index is 2.48. The molecule has 18 heavy (non-hydrogen) atoms. The maximum absolute atomic E-state index is 11.1. The van der Waals surface area contributed by atoms with Crippen molar-refractivity contribution < 1.29 is 9.72 Å². The van der Waals surface area contributed by atoms with Crippen LogP contribution in [0.5, 0.6) is 0 Å². The lowest BCUT2D eigenvalue weighted by Gasteiger charge is -2.10. The Morgan fingerprint density at radius 1 is 1.28 bits per heavy atom. The van der Waals surface area contributed by atoms with Gasteiger partial charge in [0, 0.05) is 24.2 Å². The summed E-state index contributed by atoms with van der Waals surface area (Å²) in [6.07, 6.45) is 4.75. The van der Waals surface area contributed by atoms with E-state index < -0.39 is 0 Å². The molecule has 5 heteroatoms. The number of hydrogen-bond acceptors (Lipinski definition) is 3. The fourth-order valence-corrected chi connectivity index (χ4v) is 2.46. The zero-order valence-corrected chi connectivity index (χ0v) is 10.4. The second-order valence-corrected chi connectivity index (χ2v) is 4.63. The average molecular weight is 248 g/mol. The molecule has 1 aliphatic carbocycles. The van der Waals surface area contributed by atoms with Gasteiger partial charge in [0.2, 0.25) is 5.91 Å². The molecule has 1 aromatic rings. The SMILES string of the molecule is CC(=O)Nc1cc2c(c([N+](=O)[O-])c1)CCCCC2. The van der Waals surface area contributed by atoms with Crippen molar-refractivity contribution in [3.8, 4) is 0 Å². The van der Waals surface area contributed by atoms with Gasteiger partial charge in [-0.2, -0.15) is 0 Å². The molecule has 0 saturated carbocycles. The molecule has 1 N–H and O–H groups in total. The van der Waals surface area contributed by atoms with E-state index in [1.165, 1.54) is 13.0 Å². The molecule has 0 saturated heterocycles. The number of nitro benzene ring substituents is 1. The molecule has 0 bridgehead atoms. The van der Waals surface area contributed by atoms with Crippen LogP contribution < -0.4 is 5.32 Å². The van der Waals surface area contributed by atoms with Crippen LogP contribution in [0.4, 0.5) is 11.4 Å². The highest BCUT2D eigenvalue weighted by molar-refractivity contribution is 5.89. The minimum absolute atomic E-state index is 0.137. The van der Waals surface area contributed by atoms with Crippen LogP contribution >= 0.6 is 0 Å². The lowest BCUT2D eigenvalue weighted by molar-refractivity contribution is -0.385. The highest BCUT2D eigenvalue weighted by atomic mass is 16.6. The lowest BCUT2D eigenvalue weighted by Crippen LogP contribution is -2.08. The fraction of sp³-hybridized carbons (Fsp3) is 0.462. The van der Waals surface area contributed by atoms with Crippen LogP contribution in [0.2, 0.25) is 0 Å². The highest BCUT2D eigenvalue weighted by Crippen LogP contribution is 2.32. The van der Waals surface area contributed by atoms with Gasteiger partial charge in [-0.05, 0) is 37.3 Å². The third-order valence-corrected chi connectivity index (χ3v) is 3.21. The van der Waals surface area contributed by atoms with E-state index in [-0.39, 0.29) is 16.5 Å². The monoisotopic (exact) mass is 248 g/mol. The first-order valence-electron chi connectivity index (χ1n) is 6.15. The van der Waals surface area contributed by atoms with E-state index in [2.05, 4.69) is 5.32 Å². The Morgan fingerprint density at radius 3 is 2.67 bits per heavy atom. The minimum Gasteiger partial charge on any atom is -0.326 e. The van der Waals surface area contributed by atoms with Gasteiger partial charge in [-0.3, -0.25) is 14.9 Å². The summed E-state index contributed by atoms with van der Waals surface area (Å²) in [5.74, 6) is -0.210. The van der Waals surface area contributed by atoms with E-state index >= 15 is 0 Å². The van der Waals surface area contributed by atoms with Crippen molar-refractivity contribution in [2.24, 2.45) is 0 Å². The number of nitrogens with one attached hydrogen (secondary N) is 1. The van der Waals surface area contributed by atoms with Gasteiger partial charge in [0.05, 0.1) is 4.92 Å². The van der Waals surface area contributed by atoms with Crippen LogP contribution in [0.25, 0.3) is 0 Å². The molecule has 0 aromatic heterocycles. The van der Waals surface area contributed by atoms with Gasteiger partial charge in [-0.15, -0.1) is 0 Å². The van der Waals surface area contributed by atoms with Crippen molar-refractivity contribution in [2.45, 2.75) is 39.0 Å². The third kappa shape index (κ3) is 2.67. The first kappa shape index (κ1) is 12.5. The summed E-state index contributed by atoms with van der Waals surface area (Å²) in [5.41, 5.74) is 2.50. The standard InChI is InChI=1S/C13H16N2O3/c1-9(16)14-11-7-10-5-3-2-4-6-12(10)13(8-11)15(17)18/h7-8H,2-6H2,1H3,(H,14,16). The maximum atomic E-state index is 11.1. The predicted octanol–water partition coefficient (Wildman–Crippen LogP) is 2.82. The highest BCUT2D eigenvalue weighted by Gasteiger charge is 2.21. The largest absolute Gasteiger partial charge is 0.326 e. The van der Waals surface area contributed by atoms with E-state index in [1.807, 2.05) is 6.07 Å². The van der Waals surface area contributed by atoms with Crippen LogP contribution in [0.3, 0.4) is 0 Å². The van der Waals surface area contributed by atoms with Crippen LogP contribution in [0, 0.1) is 10.1 Å². The van der Waals surface area contributed by atoms with Crippen LogP contribution in [0.1, 0.15) is 37.3 Å². The van der Waals surface area contributed by atoms with Crippen molar-refractivity contribution in [1.29, 1.82) is 0 Å². The summed E-state index contributed by atoms with van der Waals surface area (Å²) < 4.78 is 0. The summed E-state index contributed by atoms with van der Waals surface area (Å²) in [4.78, 5) is 21.8. The van der Waals surface area contributed by atoms with E-state index in [9.17, 15) is 14.9 Å². The Labute approximate surface area is 105 Å². The van der Waals surface area contributed by atoms with Crippen LogP contribution in [-0.4, -0.2) is 10.8 Å². The number of carbonyl (C=O) groups excluding carboxylic acids is 1. The number of anilines is 1. The topological polar surface area (TPSA) is 72.2 Å². The van der Waals surface area contributed by atoms with Crippen LogP contribution in [0.15, 0.2) is 12.1 Å². The molecule has 0 spiro atoms. The zero-order chi connectivity index (χ0) is 13.1. The quantitative estimate of drug-likeness (QED) is 0.497. The first-order chi connectivity index (χ1) is 8.58. The normalized spacial score (nSPS) is 14.5. The van der Waals surface area contributed by atoms with Crippen molar-refractivity contribution >= 4 is 17.3 Å². The number of rotatable bonds is 2. The number of hydrogen-bond donors (Lipinski definition) is 1. The molecule has 1 aromatic carbocycles. The number of aryl methyl sites for hydroxylation is 1. The second kappa shape index (κ2) is 5.16. The number of nitrogens with zero attached hydrogens (tertiary/aromatic N) is 1. The van der Waals surface area contributed by atoms with Gasteiger partial charge in [0.15, 0.2) is 0 Å². The molecule has 0 aliphatic heterocycles. The second-order valence-electron chi connectivity index (χ2n) is 4.63. The summed E-state index contributed by atoms with van der Waals surface area (Å²) in [5, 5.41) is 13.7. The molecule has 0 unspecified atom stereocenters. The molecule has 5 nitrogen and oxygen atoms in total. The van der Waals surface area contributed by atoms with E-state index in [0.29, 0.717) is 5.69 Å². The van der Waals surface area contributed by atoms with Crippen molar-refractivity contribution in [2.75, 3.05) is 5.32 Å². The van der Waals surface area contributed by atoms with Gasteiger partial charge in [-0.1, -0.05) is 6.42 Å². The molecular formula is C13H16N2O3. The average Bonchev–Trinajstić information content (AvgIpc) is 2.51. The van der Waals surface area contributed by atoms with Crippen molar-refractivity contribution in [3.63, 3.8) is 0 Å². The molecule has 1 amide bonds. The van der Waals surface area contributed by atoms with E-state index in [4.69, 9.17) is 0 Å². The number of nitro groups is 1. The van der Waals surface area contributed by atoms with Gasteiger partial charge in [-0.25, -0.2) is 0 Å². The summed E-state index contributed by atoms with van der Waals surface area (Å²) >= 11 is 0. The summed E-state index contributed by atoms with van der Waals surface area (Å²) in [6.45, 7) is 1.40. The van der Waals surface area contributed by atoms with E-state index in [1.54, 1.807) is 0 Å². The Morgan fingerprint density at radius 2 is 2.00 bits per heavy atom. The summed E-state index contributed by atoms with van der Waals surface area (Å²) in [6, 6.07) is 3.33. The number of amides is 1. The minimum atomic E-state index is -0.352. The molecular weight excluding hydrogens is 232 g/mol. The predicted molar refractivity (Wildman–Crippen MR) is 68.7 cm³/mol. The van der Waals surface area contributed by atoms with Gasteiger partial charge in [0.1, 0.15) is 0 Å². The Bertz CT molecular complexity index is 497. The molecule has 0 radical (unpaired) electrons. The molecule has 96 valence electrons. The Kier molecular flexibility index (Phi) is 3.60. The van der Waals surface area contributed by atoms with Gasteiger partial charge < -0.3 is 5.32 Å². The van der Waals surface area contributed by atoms with Crippen molar-refractivity contribution in [1.82, 2.24) is 0 Å². The summed E-state index contributed by atoms with van der Waals surface area (Å²) in [7, 11) is 0. The van der Waals surface area contributed by atoms with E-state index in [0.717, 1.165) is 43.2 Å². The fourth-order valence-electron chi connectivity index (χ4n) is 2.46. The number of benzene rings is 1. The zero-order valence-electron chi connectivity index (χ0n) is 10.4. The molecule has 1 aliphatic rings. The first-order valence-corrected chi connectivity index (χ1v) is 6.15. The molecule has 2 rings (SSSR count). The van der Waals surface area contributed by atoms with Gasteiger partial charge in [0.25, 0.3) is 5.69 Å². The lowest BCUT2D eigenvalue weighted by atomic mass is 10.00. The maximum Gasteiger partial charge on any atom is 0.274 e. The number of fused-ring (bicyclic) bond motifs is 1. The molecule has 0 heterocycles.